The Hall–Kier alpha value is 0.180. The van der Waals surface area contributed by atoms with Crippen molar-refractivity contribution in [2.75, 3.05) is 0 Å². The van der Waals surface area contributed by atoms with Crippen LogP contribution < -0.4 is 0 Å². The normalized spacial score (nSPS) is 10.0. The molecule has 2 heteroatoms. The van der Waals surface area contributed by atoms with Crippen LogP contribution in [-0.4, -0.2) is 0 Å². The lowest BCUT2D eigenvalue weighted by Crippen LogP contribution is -1.76. The van der Waals surface area contributed by atoms with E-state index in [0.29, 0.717) is 0 Å². The molecular formula is C7H9BrS. The van der Waals surface area contributed by atoms with Gasteiger partial charge in [-0.15, -0.1) is 0 Å². The maximum absolute atomic E-state index is 3.48. The van der Waals surface area contributed by atoms with Gasteiger partial charge in [-0.1, -0.05) is 13.3 Å². The van der Waals surface area contributed by atoms with Crippen molar-refractivity contribution in [3.8, 4) is 0 Å². The van der Waals surface area contributed by atoms with Crippen molar-refractivity contribution in [1.29, 1.82) is 0 Å². The van der Waals surface area contributed by atoms with Crippen LogP contribution in [0, 0.1) is 0 Å². The molecule has 1 rings (SSSR count). The van der Waals surface area contributed by atoms with Crippen molar-refractivity contribution in [2.45, 2.75) is 19.8 Å². The zero-order chi connectivity index (χ0) is 6.69. The maximum Gasteiger partial charge on any atom is 0.0314 e. The first-order valence-electron chi connectivity index (χ1n) is 3.05. The number of hydrogen-bond donors (Lipinski definition) is 0. The minimum atomic E-state index is 1.20. The maximum atomic E-state index is 3.48. The summed E-state index contributed by atoms with van der Waals surface area (Å²) in [7, 11) is 0. The topological polar surface area (TPSA) is 0 Å². The SMILES string of the molecule is CCCc1cscc1Br. The van der Waals surface area contributed by atoms with E-state index < -0.39 is 0 Å². The van der Waals surface area contributed by atoms with Gasteiger partial charge in [-0.2, -0.15) is 11.3 Å². The van der Waals surface area contributed by atoms with Crippen molar-refractivity contribution < 1.29 is 0 Å². The highest BCUT2D eigenvalue weighted by Gasteiger charge is 1.96. The van der Waals surface area contributed by atoms with Crippen molar-refractivity contribution in [2.24, 2.45) is 0 Å². The molecule has 0 nitrogen and oxygen atoms in total. The molecule has 0 fully saturated rings. The molecule has 0 saturated carbocycles. The Labute approximate surface area is 68.0 Å². The first-order valence-corrected chi connectivity index (χ1v) is 4.78. The lowest BCUT2D eigenvalue weighted by atomic mass is 10.2. The third-order valence-electron chi connectivity index (χ3n) is 1.21. The monoisotopic (exact) mass is 204 g/mol. The first kappa shape index (κ1) is 7.29. The van der Waals surface area contributed by atoms with Gasteiger partial charge in [-0.05, 0) is 33.3 Å². The van der Waals surface area contributed by atoms with Crippen molar-refractivity contribution >= 4 is 27.3 Å². The Kier molecular flexibility index (Phi) is 2.73. The Balaban J connectivity index is 2.69. The van der Waals surface area contributed by atoms with Gasteiger partial charge >= 0.3 is 0 Å². The van der Waals surface area contributed by atoms with Crippen LogP contribution in [0.5, 0.6) is 0 Å². The van der Waals surface area contributed by atoms with E-state index in [1.165, 1.54) is 22.9 Å². The molecule has 0 unspecified atom stereocenters. The van der Waals surface area contributed by atoms with Crippen LogP contribution >= 0.6 is 27.3 Å². The van der Waals surface area contributed by atoms with Gasteiger partial charge in [0.1, 0.15) is 0 Å². The average molecular weight is 205 g/mol. The van der Waals surface area contributed by atoms with Gasteiger partial charge in [0.05, 0.1) is 0 Å². The standard InChI is InChI=1S/C7H9BrS/c1-2-3-6-4-9-5-7(6)8/h4-5H,2-3H2,1H3. The molecule has 1 heterocycles. The van der Waals surface area contributed by atoms with Gasteiger partial charge in [0.2, 0.25) is 0 Å². The Morgan fingerprint density at radius 3 is 2.78 bits per heavy atom. The Morgan fingerprint density at radius 1 is 1.56 bits per heavy atom. The highest BCUT2D eigenvalue weighted by molar-refractivity contribution is 9.10. The fourth-order valence-electron chi connectivity index (χ4n) is 0.756. The molecule has 50 valence electrons. The minimum absolute atomic E-state index is 1.20. The Bertz CT molecular complexity index is 181. The highest BCUT2D eigenvalue weighted by atomic mass is 79.9. The summed E-state index contributed by atoms with van der Waals surface area (Å²) in [4.78, 5) is 0. The summed E-state index contributed by atoms with van der Waals surface area (Å²) in [6.45, 7) is 2.20. The van der Waals surface area contributed by atoms with E-state index >= 15 is 0 Å². The lowest BCUT2D eigenvalue weighted by molar-refractivity contribution is 0.922. The van der Waals surface area contributed by atoms with Crippen LogP contribution in [0.3, 0.4) is 0 Å². The van der Waals surface area contributed by atoms with E-state index in [4.69, 9.17) is 0 Å². The van der Waals surface area contributed by atoms with Crippen molar-refractivity contribution in [1.82, 2.24) is 0 Å². The van der Waals surface area contributed by atoms with Gasteiger partial charge in [-0.3, -0.25) is 0 Å². The van der Waals surface area contributed by atoms with Crippen LogP contribution in [0.1, 0.15) is 18.9 Å². The first-order chi connectivity index (χ1) is 4.34. The van der Waals surface area contributed by atoms with Crippen LogP contribution in [0.2, 0.25) is 0 Å². The molecule has 0 radical (unpaired) electrons. The van der Waals surface area contributed by atoms with E-state index in [1.807, 2.05) is 0 Å². The van der Waals surface area contributed by atoms with E-state index in [9.17, 15) is 0 Å². The van der Waals surface area contributed by atoms with Crippen LogP contribution in [0.15, 0.2) is 15.2 Å². The predicted molar refractivity (Wildman–Crippen MR) is 46.0 cm³/mol. The smallest absolute Gasteiger partial charge is 0.0314 e. The number of thiophene rings is 1. The lowest BCUT2D eigenvalue weighted by Gasteiger charge is -1.91. The van der Waals surface area contributed by atoms with Crippen LogP contribution in [0.4, 0.5) is 0 Å². The zero-order valence-corrected chi connectivity index (χ0v) is 7.76. The molecule has 0 aliphatic heterocycles. The van der Waals surface area contributed by atoms with E-state index in [2.05, 4.69) is 33.6 Å². The number of halogens is 1. The zero-order valence-electron chi connectivity index (χ0n) is 5.36. The molecule has 0 atom stereocenters. The molecule has 0 amide bonds. The quantitative estimate of drug-likeness (QED) is 0.693. The molecule has 0 aromatic carbocycles. The molecule has 0 aliphatic carbocycles. The number of aryl methyl sites for hydroxylation is 1. The van der Waals surface area contributed by atoms with Crippen LogP contribution in [0.25, 0.3) is 0 Å². The molecule has 0 spiro atoms. The third-order valence-corrected chi connectivity index (χ3v) is 3.04. The second kappa shape index (κ2) is 3.37. The van der Waals surface area contributed by atoms with Gasteiger partial charge in [0, 0.05) is 9.85 Å². The molecule has 9 heavy (non-hydrogen) atoms. The van der Waals surface area contributed by atoms with E-state index in [-0.39, 0.29) is 0 Å². The fraction of sp³-hybridized carbons (Fsp3) is 0.429. The molecule has 0 bridgehead atoms. The largest absolute Gasteiger partial charge is 0.151 e. The molecule has 0 aliphatic rings. The average Bonchev–Trinajstić information content (AvgIpc) is 2.18. The van der Waals surface area contributed by atoms with Gasteiger partial charge in [-0.25, -0.2) is 0 Å². The molecular weight excluding hydrogens is 196 g/mol. The summed E-state index contributed by atoms with van der Waals surface area (Å²) >= 11 is 5.24. The summed E-state index contributed by atoms with van der Waals surface area (Å²) < 4.78 is 1.27. The number of rotatable bonds is 2. The highest BCUT2D eigenvalue weighted by Crippen LogP contribution is 2.22. The summed E-state index contributed by atoms with van der Waals surface area (Å²) in [5.74, 6) is 0. The second-order valence-electron chi connectivity index (χ2n) is 1.99. The third kappa shape index (κ3) is 1.80. The summed E-state index contributed by atoms with van der Waals surface area (Å²) in [5, 5.41) is 4.33. The molecule has 1 aromatic heterocycles. The summed E-state index contributed by atoms with van der Waals surface area (Å²) in [5.41, 5.74) is 1.45. The fourth-order valence-corrected chi connectivity index (χ4v) is 2.29. The van der Waals surface area contributed by atoms with Crippen molar-refractivity contribution in [3.05, 3.63) is 20.8 Å². The minimum Gasteiger partial charge on any atom is -0.151 e. The molecule has 0 saturated heterocycles. The van der Waals surface area contributed by atoms with E-state index in [0.717, 1.165) is 0 Å². The molecule has 1 aromatic rings. The molecule has 0 N–H and O–H groups in total. The van der Waals surface area contributed by atoms with Gasteiger partial charge in [0.25, 0.3) is 0 Å². The summed E-state index contributed by atoms with van der Waals surface area (Å²) in [6, 6.07) is 0. The van der Waals surface area contributed by atoms with Gasteiger partial charge < -0.3 is 0 Å². The second-order valence-corrected chi connectivity index (χ2v) is 3.59. The van der Waals surface area contributed by atoms with Gasteiger partial charge in [0.15, 0.2) is 0 Å². The summed E-state index contributed by atoms with van der Waals surface area (Å²) in [6.07, 6.45) is 2.43. The Morgan fingerprint density at radius 2 is 2.33 bits per heavy atom. The van der Waals surface area contributed by atoms with Crippen LogP contribution in [-0.2, 0) is 6.42 Å². The number of hydrogen-bond acceptors (Lipinski definition) is 1. The predicted octanol–water partition coefficient (Wildman–Crippen LogP) is 3.46. The van der Waals surface area contributed by atoms with Crippen molar-refractivity contribution in [3.63, 3.8) is 0 Å². The van der Waals surface area contributed by atoms with E-state index in [1.54, 1.807) is 11.3 Å².